The van der Waals surface area contributed by atoms with Crippen molar-refractivity contribution in [2.45, 2.75) is 33.1 Å². The maximum atomic E-state index is 12.2. The van der Waals surface area contributed by atoms with Crippen LogP contribution in [0.3, 0.4) is 0 Å². The summed E-state index contributed by atoms with van der Waals surface area (Å²) in [6.45, 7) is 4.07. The van der Waals surface area contributed by atoms with Crippen LogP contribution in [0.5, 0.6) is 0 Å². The van der Waals surface area contributed by atoms with E-state index in [0.29, 0.717) is 11.5 Å². The van der Waals surface area contributed by atoms with Crippen LogP contribution in [-0.2, 0) is 4.79 Å². The molecule has 18 heavy (non-hydrogen) atoms. The third-order valence-corrected chi connectivity index (χ3v) is 3.82. The van der Waals surface area contributed by atoms with Gasteiger partial charge in [-0.05, 0) is 43.4 Å². The second kappa shape index (κ2) is 5.22. The molecule has 1 fully saturated rings. The van der Waals surface area contributed by atoms with Crippen molar-refractivity contribution in [2.75, 3.05) is 5.32 Å². The second-order valence-electron chi connectivity index (χ2n) is 5.15. The third-order valence-electron chi connectivity index (χ3n) is 3.82. The van der Waals surface area contributed by atoms with Gasteiger partial charge in [0.2, 0.25) is 5.91 Å². The number of carbonyl (C=O) groups is 1. The Morgan fingerprint density at radius 3 is 2.83 bits per heavy atom. The van der Waals surface area contributed by atoms with E-state index in [1.807, 2.05) is 13.0 Å². The van der Waals surface area contributed by atoms with Crippen molar-refractivity contribution in [3.8, 4) is 6.07 Å². The van der Waals surface area contributed by atoms with Crippen molar-refractivity contribution in [1.29, 1.82) is 5.26 Å². The Hall–Kier alpha value is -1.82. The maximum Gasteiger partial charge on any atom is 0.227 e. The van der Waals surface area contributed by atoms with Crippen LogP contribution in [0.4, 0.5) is 5.69 Å². The lowest BCUT2D eigenvalue weighted by molar-refractivity contribution is -0.120. The molecule has 1 aromatic carbocycles. The molecule has 2 rings (SSSR count). The van der Waals surface area contributed by atoms with Crippen LogP contribution in [0.15, 0.2) is 18.2 Å². The maximum absolute atomic E-state index is 12.2. The van der Waals surface area contributed by atoms with Crippen molar-refractivity contribution in [3.05, 3.63) is 29.3 Å². The molecule has 3 heteroatoms. The molecule has 0 spiro atoms. The van der Waals surface area contributed by atoms with Gasteiger partial charge < -0.3 is 5.32 Å². The van der Waals surface area contributed by atoms with Crippen LogP contribution in [0.25, 0.3) is 0 Å². The highest BCUT2D eigenvalue weighted by Crippen LogP contribution is 2.32. The number of carbonyl (C=O) groups excluding carboxylic acids is 1. The first-order chi connectivity index (χ1) is 8.61. The molecule has 1 amide bonds. The normalized spacial score (nSPS) is 22.5. The monoisotopic (exact) mass is 242 g/mol. The average molecular weight is 242 g/mol. The molecule has 0 saturated heterocycles. The van der Waals surface area contributed by atoms with E-state index in [2.05, 4.69) is 18.3 Å². The summed E-state index contributed by atoms with van der Waals surface area (Å²) in [4.78, 5) is 12.2. The first-order valence-electron chi connectivity index (χ1n) is 6.43. The Bertz CT molecular complexity index is 502. The number of aryl methyl sites for hydroxylation is 1. The number of hydrogen-bond acceptors (Lipinski definition) is 2. The predicted octanol–water partition coefficient (Wildman–Crippen LogP) is 3.24. The number of amides is 1. The topological polar surface area (TPSA) is 52.9 Å². The van der Waals surface area contributed by atoms with Gasteiger partial charge in [0.15, 0.2) is 0 Å². The lowest BCUT2D eigenvalue weighted by Gasteiger charge is -2.16. The molecule has 1 N–H and O–H groups in total. The highest BCUT2D eigenvalue weighted by molar-refractivity contribution is 5.93. The Balaban J connectivity index is 2.14. The third kappa shape index (κ3) is 2.53. The SMILES string of the molecule is Cc1ccc(C#N)cc1NC(=O)C1CCCC1C. The Labute approximate surface area is 108 Å². The first-order valence-corrected chi connectivity index (χ1v) is 6.43. The van der Waals surface area contributed by atoms with Crippen LogP contribution in [0.2, 0.25) is 0 Å². The van der Waals surface area contributed by atoms with Gasteiger partial charge in [0.25, 0.3) is 0 Å². The van der Waals surface area contributed by atoms with Crippen molar-refractivity contribution in [3.63, 3.8) is 0 Å². The fourth-order valence-electron chi connectivity index (χ4n) is 2.59. The fourth-order valence-corrected chi connectivity index (χ4v) is 2.59. The number of nitriles is 1. The largest absolute Gasteiger partial charge is 0.326 e. The van der Waals surface area contributed by atoms with Gasteiger partial charge in [-0.1, -0.05) is 19.4 Å². The first kappa shape index (κ1) is 12.6. The van der Waals surface area contributed by atoms with Crippen LogP contribution in [0.1, 0.15) is 37.3 Å². The van der Waals surface area contributed by atoms with E-state index in [4.69, 9.17) is 5.26 Å². The summed E-state index contributed by atoms with van der Waals surface area (Å²) in [5.74, 6) is 0.679. The Morgan fingerprint density at radius 1 is 1.44 bits per heavy atom. The quantitative estimate of drug-likeness (QED) is 0.865. The number of rotatable bonds is 2. The highest BCUT2D eigenvalue weighted by atomic mass is 16.1. The predicted molar refractivity (Wildman–Crippen MR) is 71.0 cm³/mol. The minimum atomic E-state index is 0.0955. The number of nitrogens with one attached hydrogen (secondary N) is 1. The molecule has 1 aliphatic carbocycles. The lowest BCUT2D eigenvalue weighted by Crippen LogP contribution is -2.24. The van der Waals surface area contributed by atoms with E-state index in [9.17, 15) is 4.79 Å². The smallest absolute Gasteiger partial charge is 0.227 e. The molecule has 1 aromatic rings. The summed E-state index contributed by atoms with van der Waals surface area (Å²) in [6, 6.07) is 7.47. The number of benzene rings is 1. The molecule has 0 bridgehead atoms. The summed E-state index contributed by atoms with van der Waals surface area (Å²) >= 11 is 0. The van der Waals surface area contributed by atoms with Gasteiger partial charge in [-0.25, -0.2) is 0 Å². The molecule has 1 saturated carbocycles. The van der Waals surface area contributed by atoms with Crippen molar-refractivity contribution in [1.82, 2.24) is 0 Å². The average Bonchev–Trinajstić information content (AvgIpc) is 2.78. The molecule has 0 aromatic heterocycles. The molecule has 0 heterocycles. The van der Waals surface area contributed by atoms with Gasteiger partial charge in [-0.2, -0.15) is 5.26 Å². The zero-order chi connectivity index (χ0) is 13.1. The summed E-state index contributed by atoms with van der Waals surface area (Å²) in [6.07, 6.45) is 3.25. The van der Waals surface area contributed by atoms with E-state index < -0.39 is 0 Å². The van der Waals surface area contributed by atoms with E-state index in [1.165, 1.54) is 0 Å². The van der Waals surface area contributed by atoms with Gasteiger partial charge in [0.05, 0.1) is 11.6 Å². The molecule has 0 radical (unpaired) electrons. The number of hydrogen-bond donors (Lipinski definition) is 1. The second-order valence-corrected chi connectivity index (χ2v) is 5.15. The fraction of sp³-hybridized carbons (Fsp3) is 0.467. The Kier molecular flexibility index (Phi) is 3.66. The molecule has 94 valence electrons. The van der Waals surface area contributed by atoms with Gasteiger partial charge in [0, 0.05) is 11.6 Å². The van der Waals surface area contributed by atoms with E-state index in [0.717, 1.165) is 30.5 Å². The summed E-state index contributed by atoms with van der Waals surface area (Å²) < 4.78 is 0. The minimum Gasteiger partial charge on any atom is -0.326 e. The molecular weight excluding hydrogens is 224 g/mol. The van der Waals surface area contributed by atoms with Gasteiger partial charge in [0.1, 0.15) is 0 Å². The molecule has 2 unspecified atom stereocenters. The van der Waals surface area contributed by atoms with Crippen LogP contribution < -0.4 is 5.32 Å². The van der Waals surface area contributed by atoms with Crippen molar-refractivity contribution >= 4 is 11.6 Å². The zero-order valence-electron chi connectivity index (χ0n) is 10.9. The zero-order valence-corrected chi connectivity index (χ0v) is 10.9. The molecule has 1 aliphatic rings. The van der Waals surface area contributed by atoms with E-state index >= 15 is 0 Å². The highest BCUT2D eigenvalue weighted by Gasteiger charge is 2.29. The molecular formula is C15H18N2O. The van der Waals surface area contributed by atoms with Gasteiger partial charge >= 0.3 is 0 Å². The summed E-state index contributed by atoms with van der Waals surface area (Å²) in [5.41, 5.74) is 2.33. The standard InChI is InChI=1S/C15H18N2O/c1-10-4-3-5-13(10)15(18)17-14-8-12(9-16)7-6-11(14)2/h6-8,10,13H,3-5H2,1-2H3,(H,17,18). The lowest BCUT2D eigenvalue weighted by atomic mass is 9.97. The van der Waals surface area contributed by atoms with Gasteiger partial charge in [-0.15, -0.1) is 0 Å². The van der Waals surface area contributed by atoms with Crippen LogP contribution in [0, 0.1) is 30.1 Å². The Morgan fingerprint density at radius 2 is 2.22 bits per heavy atom. The van der Waals surface area contributed by atoms with E-state index in [-0.39, 0.29) is 11.8 Å². The summed E-state index contributed by atoms with van der Waals surface area (Å²) in [7, 11) is 0. The number of nitrogens with zero attached hydrogens (tertiary/aromatic N) is 1. The van der Waals surface area contributed by atoms with Crippen molar-refractivity contribution < 1.29 is 4.79 Å². The van der Waals surface area contributed by atoms with Crippen LogP contribution >= 0.6 is 0 Å². The molecule has 0 aliphatic heterocycles. The van der Waals surface area contributed by atoms with Crippen LogP contribution in [-0.4, -0.2) is 5.91 Å². The molecule has 2 atom stereocenters. The minimum absolute atomic E-state index is 0.0955. The van der Waals surface area contributed by atoms with Crippen molar-refractivity contribution in [2.24, 2.45) is 11.8 Å². The summed E-state index contributed by atoms with van der Waals surface area (Å²) in [5, 5.41) is 11.8. The van der Waals surface area contributed by atoms with E-state index in [1.54, 1.807) is 12.1 Å². The number of anilines is 1. The molecule has 3 nitrogen and oxygen atoms in total. The van der Waals surface area contributed by atoms with Gasteiger partial charge in [-0.3, -0.25) is 4.79 Å².